The molecule has 0 saturated heterocycles. The van der Waals surface area contributed by atoms with Gasteiger partial charge >= 0.3 is 0 Å². The first-order valence-electron chi connectivity index (χ1n) is 6.00. The summed E-state index contributed by atoms with van der Waals surface area (Å²) in [5, 5.41) is 6.14. The van der Waals surface area contributed by atoms with Crippen molar-refractivity contribution in [3.63, 3.8) is 0 Å². The minimum Gasteiger partial charge on any atom is -0.354 e. The molecule has 2 N–H and O–H groups in total. The van der Waals surface area contributed by atoms with E-state index < -0.39 is 0 Å². The molecule has 0 aliphatic rings. The number of aryl methyl sites for hydroxylation is 1. The Morgan fingerprint density at radius 2 is 2.00 bits per heavy atom. The monoisotopic (exact) mass is 402 g/mol. The number of nitrogens with one attached hydrogen (secondary N) is 2. The molecular weight excluding hydrogens is 391 g/mol. The van der Waals surface area contributed by atoms with Crippen molar-refractivity contribution in [2.45, 2.75) is 13.8 Å². The van der Waals surface area contributed by atoms with E-state index in [1.54, 1.807) is 12.3 Å². The van der Waals surface area contributed by atoms with E-state index in [0.717, 1.165) is 12.1 Å². The Morgan fingerprint density at radius 3 is 2.70 bits per heavy atom. The largest absolute Gasteiger partial charge is 0.354 e. The van der Waals surface area contributed by atoms with Crippen LogP contribution in [-0.2, 0) is 0 Å². The molecule has 0 aliphatic carbocycles. The third-order valence-corrected chi connectivity index (χ3v) is 3.79. The summed E-state index contributed by atoms with van der Waals surface area (Å²) in [6, 6.07) is 3.15. The van der Waals surface area contributed by atoms with Crippen LogP contribution in [0.4, 0.5) is 21.8 Å². The molecule has 7 heteroatoms. The van der Waals surface area contributed by atoms with Gasteiger partial charge in [-0.15, -0.1) is 0 Å². The Kier molecular flexibility index (Phi) is 4.93. The maximum Gasteiger partial charge on any atom is 0.224 e. The first-order valence-corrected chi connectivity index (χ1v) is 7.59. The van der Waals surface area contributed by atoms with Crippen molar-refractivity contribution in [3.05, 3.63) is 38.7 Å². The summed E-state index contributed by atoms with van der Waals surface area (Å²) < 4.78 is 14.8. The number of hydrogen-bond donors (Lipinski definition) is 2. The van der Waals surface area contributed by atoms with Gasteiger partial charge in [-0.2, -0.15) is 4.98 Å². The molecule has 0 saturated carbocycles. The van der Waals surface area contributed by atoms with Crippen LogP contribution < -0.4 is 10.6 Å². The highest BCUT2D eigenvalue weighted by Crippen LogP contribution is 2.29. The molecule has 1 aromatic heterocycles. The van der Waals surface area contributed by atoms with Crippen LogP contribution in [0.1, 0.15) is 12.5 Å². The van der Waals surface area contributed by atoms with Crippen molar-refractivity contribution in [1.29, 1.82) is 0 Å². The van der Waals surface area contributed by atoms with E-state index in [9.17, 15) is 4.39 Å². The fraction of sp³-hybridized carbons (Fsp3) is 0.231. The Hall–Kier alpha value is -1.21. The lowest BCUT2D eigenvalue weighted by molar-refractivity contribution is 0.621. The maximum atomic E-state index is 13.6. The van der Waals surface area contributed by atoms with Gasteiger partial charge in [-0.25, -0.2) is 9.37 Å². The average molecular weight is 404 g/mol. The van der Waals surface area contributed by atoms with Crippen molar-refractivity contribution < 1.29 is 4.39 Å². The fourth-order valence-electron chi connectivity index (χ4n) is 1.61. The zero-order valence-electron chi connectivity index (χ0n) is 11.0. The second kappa shape index (κ2) is 6.49. The van der Waals surface area contributed by atoms with E-state index in [-0.39, 0.29) is 5.82 Å². The molecule has 0 radical (unpaired) electrons. The lowest BCUT2D eigenvalue weighted by atomic mass is 10.2. The van der Waals surface area contributed by atoms with Gasteiger partial charge < -0.3 is 10.6 Å². The molecule has 1 heterocycles. The van der Waals surface area contributed by atoms with Crippen molar-refractivity contribution in [2.75, 3.05) is 17.2 Å². The molecule has 20 heavy (non-hydrogen) atoms. The summed E-state index contributed by atoms with van der Waals surface area (Å²) in [6.45, 7) is 4.59. The van der Waals surface area contributed by atoms with Gasteiger partial charge in [0.2, 0.25) is 5.95 Å². The molecule has 0 atom stereocenters. The number of aromatic nitrogens is 2. The Labute approximate surface area is 133 Å². The molecule has 2 rings (SSSR count). The van der Waals surface area contributed by atoms with Gasteiger partial charge in [0.25, 0.3) is 0 Å². The normalized spacial score (nSPS) is 10.4. The first kappa shape index (κ1) is 15.2. The Bertz CT molecular complexity index is 634. The summed E-state index contributed by atoms with van der Waals surface area (Å²) in [5.41, 5.74) is 1.57. The van der Waals surface area contributed by atoms with Gasteiger partial charge in [0.05, 0.1) is 8.95 Å². The smallest absolute Gasteiger partial charge is 0.224 e. The standard InChI is InChI=1S/C13H13Br2FN4/c1-3-17-13-18-6-9(15)12(20-13)19-11-5-10(16)8(14)4-7(11)2/h4-6H,3H2,1-2H3,(H2,17,18,19,20). The Balaban J connectivity index is 2.34. The van der Waals surface area contributed by atoms with Crippen molar-refractivity contribution in [1.82, 2.24) is 9.97 Å². The summed E-state index contributed by atoms with van der Waals surface area (Å²) >= 11 is 6.54. The predicted octanol–water partition coefficient (Wildman–Crippen LogP) is 4.62. The molecular formula is C13H13Br2FN4. The van der Waals surface area contributed by atoms with Gasteiger partial charge in [0.15, 0.2) is 0 Å². The summed E-state index contributed by atoms with van der Waals surface area (Å²) in [5.74, 6) is 0.782. The van der Waals surface area contributed by atoms with Crippen LogP contribution in [0.15, 0.2) is 27.3 Å². The molecule has 1 aromatic carbocycles. The lowest BCUT2D eigenvalue weighted by Crippen LogP contribution is -2.05. The number of rotatable bonds is 4. The van der Waals surface area contributed by atoms with Crippen LogP contribution >= 0.6 is 31.9 Å². The van der Waals surface area contributed by atoms with E-state index in [2.05, 4.69) is 52.5 Å². The van der Waals surface area contributed by atoms with E-state index in [4.69, 9.17) is 0 Å². The number of hydrogen-bond acceptors (Lipinski definition) is 4. The SMILES string of the molecule is CCNc1ncc(Br)c(Nc2cc(F)c(Br)cc2C)n1. The van der Waals surface area contributed by atoms with Crippen molar-refractivity contribution in [2.24, 2.45) is 0 Å². The van der Waals surface area contributed by atoms with E-state index in [0.29, 0.717) is 26.4 Å². The van der Waals surface area contributed by atoms with Crippen LogP contribution in [0.3, 0.4) is 0 Å². The molecule has 106 valence electrons. The maximum absolute atomic E-state index is 13.6. The zero-order valence-corrected chi connectivity index (χ0v) is 14.1. The third-order valence-electron chi connectivity index (χ3n) is 2.60. The van der Waals surface area contributed by atoms with E-state index in [1.807, 2.05) is 13.8 Å². The highest BCUT2D eigenvalue weighted by atomic mass is 79.9. The summed E-state index contributed by atoms with van der Waals surface area (Å²) in [7, 11) is 0. The zero-order chi connectivity index (χ0) is 14.7. The van der Waals surface area contributed by atoms with Crippen LogP contribution in [0.5, 0.6) is 0 Å². The molecule has 0 bridgehead atoms. The predicted molar refractivity (Wildman–Crippen MR) is 86.0 cm³/mol. The van der Waals surface area contributed by atoms with Gasteiger partial charge in [0, 0.05) is 18.4 Å². The van der Waals surface area contributed by atoms with Crippen LogP contribution in [-0.4, -0.2) is 16.5 Å². The molecule has 2 aromatic rings. The fourth-order valence-corrected chi connectivity index (χ4v) is 2.35. The quantitative estimate of drug-likeness (QED) is 0.781. The summed E-state index contributed by atoms with van der Waals surface area (Å²) in [6.07, 6.45) is 1.65. The van der Waals surface area contributed by atoms with Crippen molar-refractivity contribution in [3.8, 4) is 0 Å². The second-order valence-corrected chi connectivity index (χ2v) is 5.84. The van der Waals surface area contributed by atoms with Gasteiger partial charge in [-0.3, -0.25) is 0 Å². The number of nitrogens with zero attached hydrogens (tertiary/aromatic N) is 2. The molecule has 0 spiro atoms. The Morgan fingerprint density at radius 1 is 1.25 bits per heavy atom. The summed E-state index contributed by atoms with van der Waals surface area (Å²) in [4.78, 5) is 8.47. The van der Waals surface area contributed by atoms with Crippen LogP contribution in [0.2, 0.25) is 0 Å². The van der Waals surface area contributed by atoms with Gasteiger partial charge in [-0.05, 0) is 63.4 Å². The molecule has 0 amide bonds. The number of halogens is 3. The van der Waals surface area contributed by atoms with Crippen LogP contribution in [0, 0.1) is 12.7 Å². The highest BCUT2D eigenvalue weighted by Gasteiger charge is 2.09. The first-order chi connectivity index (χ1) is 9.51. The average Bonchev–Trinajstić information content (AvgIpc) is 2.40. The highest BCUT2D eigenvalue weighted by molar-refractivity contribution is 9.10. The molecule has 4 nitrogen and oxygen atoms in total. The van der Waals surface area contributed by atoms with Gasteiger partial charge in [0.1, 0.15) is 11.6 Å². The minimum atomic E-state index is -0.324. The number of benzene rings is 1. The van der Waals surface area contributed by atoms with E-state index >= 15 is 0 Å². The van der Waals surface area contributed by atoms with Crippen LogP contribution in [0.25, 0.3) is 0 Å². The molecule has 0 aliphatic heterocycles. The number of anilines is 3. The van der Waals surface area contributed by atoms with Gasteiger partial charge in [-0.1, -0.05) is 0 Å². The topological polar surface area (TPSA) is 49.8 Å². The molecule has 0 unspecified atom stereocenters. The second-order valence-electron chi connectivity index (χ2n) is 4.13. The lowest BCUT2D eigenvalue weighted by Gasteiger charge is -2.12. The minimum absolute atomic E-state index is 0.324. The van der Waals surface area contributed by atoms with Crippen molar-refractivity contribution >= 4 is 49.3 Å². The van der Waals surface area contributed by atoms with E-state index in [1.165, 1.54) is 6.07 Å². The molecule has 0 fully saturated rings. The third kappa shape index (κ3) is 3.46.